The summed E-state index contributed by atoms with van der Waals surface area (Å²) in [6.07, 6.45) is 0.162. The first-order chi connectivity index (χ1) is 6.33. The molecular formula is C6H9F3O4S. The molecule has 4 nitrogen and oxygen atoms in total. The Labute approximate surface area is 79.1 Å². The van der Waals surface area contributed by atoms with Crippen LogP contribution in [0.1, 0.15) is 19.3 Å². The van der Waals surface area contributed by atoms with Crippen LogP contribution in [0, 0.1) is 0 Å². The number of rotatable bonds is 2. The molecule has 0 radical (unpaired) electrons. The van der Waals surface area contributed by atoms with Gasteiger partial charge < -0.3 is 4.74 Å². The molecule has 1 fully saturated rings. The highest BCUT2D eigenvalue weighted by molar-refractivity contribution is 7.87. The zero-order chi connectivity index (χ0) is 10.8. The second-order valence-electron chi connectivity index (χ2n) is 2.79. The van der Waals surface area contributed by atoms with Crippen LogP contribution in [0.25, 0.3) is 0 Å². The third kappa shape index (κ3) is 2.82. The van der Waals surface area contributed by atoms with Gasteiger partial charge in [0, 0.05) is 6.61 Å². The van der Waals surface area contributed by atoms with Gasteiger partial charge in [-0.2, -0.15) is 21.6 Å². The molecule has 1 atom stereocenters. The van der Waals surface area contributed by atoms with E-state index in [0.29, 0.717) is 12.8 Å². The second kappa shape index (κ2) is 4.03. The fourth-order valence-electron chi connectivity index (χ4n) is 0.983. The molecule has 14 heavy (non-hydrogen) atoms. The molecule has 1 heterocycles. The van der Waals surface area contributed by atoms with Crippen LogP contribution in [0.2, 0.25) is 0 Å². The van der Waals surface area contributed by atoms with Gasteiger partial charge in [0.2, 0.25) is 0 Å². The molecule has 0 N–H and O–H groups in total. The van der Waals surface area contributed by atoms with Gasteiger partial charge in [-0.05, 0) is 19.3 Å². The summed E-state index contributed by atoms with van der Waals surface area (Å²) in [5, 5.41) is 0. The molecule has 1 rings (SSSR count). The fraction of sp³-hybridized carbons (Fsp3) is 1.00. The van der Waals surface area contributed by atoms with Crippen LogP contribution >= 0.6 is 0 Å². The van der Waals surface area contributed by atoms with Crippen LogP contribution in [0.15, 0.2) is 0 Å². The van der Waals surface area contributed by atoms with Crippen LogP contribution in [-0.4, -0.2) is 26.8 Å². The zero-order valence-electron chi connectivity index (χ0n) is 7.08. The first-order valence-electron chi connectivity index (χ1n) is 3.94. The molecule has 1 unspecified atom stereocenters. The van der Waals surface area contributed by atoms with Crippen LogP contribution in [0.5, 0.6) is 0 Å². The normalized spacial score (nSPS) is 24.9. The Bertz CT molecular complexity index is 278. The van der Waals surface area contributed by atoms with Crippen molar-refractivity contribution in [1.29, 1.82) is 0 Å². The van der Waals surface area contributed by atoms with Crippen molar-refractivity contribution in [2.75, 3.05) is 6.61 Å². The van der Waals surface area contributed by atoms with Gasteiger partial charge in [-0.25, -0.2) is 4.18 Å². The molecule has 84 valence electrons. The highest BCUT2D eigenvalue weighted by atomic mass is 32.2. The van der Waals surface area contributed by atoms with E-state index in [1.54, 1.807) is 0 Å². The Hall–Kier alpha value is -0.340. The summed E-state index contributed by atoms with van der Waals surface area (Å²) in [6, 6.07) is 0. The first-order valence-corrected chi connectivity index (χ1v) is 5.35. The van der Waals surface area contributed by atoms with Gasteiger partial charge in [0.05, 0.1) is 0 Å². The number of ether oxygens (including phenoxy) is 1. The first kappa shape index (κ1) is 11.7. The summed E-state index contributed by atoms with van der Waals surface area (Å²) < 4.78 is 65.0. The zero-order valence-corrected chi connectivity index (χ0v) is 7.90. The lowest BCUT2D eigenvalue weighted by molar-refractivity contribution is -0.121. The fourth-order valence-corrected chi connectivity index (χ4v) is 1.53. The minimum absolute atomic E-state index is 0.162. The maximum Gasteiger partial charge on any atom is 0.523 e. The Kier molecular flexibility index (Phi) is 3.38. The molecule has 1 aliphatic rings. The molecule has 0 aromatic carbocycles. The van der Waals surface area contributed by atoms with Gasteiger partial charge in [-0.1, -0.05) is 0 Å². The summed E-state index contributed by atoms with van der Waals surface area (Å²) in [6.45, 7) is 0.220. The highest BCUT2D eigenvalue weighted by Crippen LogP contribution is 2.27. The van der Waals surface area contributed by atoms with E-state index in [1.165, 1.54) is 0 Å². The number of halogens is 3. The van der Waals surface area contributed by atoms with Gasteiger partial charge in [-0.3, -0.25) is 0 Å². The van der Waals surface area contributed by atoms with E-state index >= 15 is 0 Å². The van der Waals surface area contributed by atoms with Crippen LogP contribution in [-0.2, 0) is 19.0 Å². The van der Waals surface area contributed by atoms with Gasteiger partial charge >= 0.3 is 15.6 Å². The van der Waals surface area contributed by atoms with Gasteiger partial charge in [0.15, 0.2) is 6.29 Å². The maximum absolute atomic E-state index is 11.8. The SMILES string of the molecule is O=S(=O)(OC1CCCCO1)C(F)(F)F. The quantitative estimate of drug-likeness (QED) is 0.535. The molecule has 0 saturated carbocycles. The summed E-state index contributed by atoms with van der Waals surface area (Å²) in [5.74, 6) is 0. The standard InChI is InChI=1S/C6H9F3O4S/c7-6(8,9)14(10,11)13-5-3-1-2-4-12-5/h5H,1-4H2. The third-order valence-corrected chi connectivity index (χ3v) is 2.69. The van der Waals surface area contributed by atoms with Crippen LogP contribution in [0.3, 0.4) is 0 Å². The van der Waals surface area contributed by atoms with E-state index in [9.17, 15) is 21.6 Å². The summed E-state index contributed by atoms with van der Waals surface area (Å²) in [5.41, 5.74) is -5.38. The lowest BCUT2D eigenvalue weighted by Crippen LogP contribution is -2.32. The van der Waals surface area contributed by atoms with Crippen molar-refractivity contribution in [2.45, 2.75) is 31.1 Å². The van der Waals surface area contributed by atoms with Crippen molar-refractivity contribution in [2.24, 2.45) is 0 Å². The van der Waals surface area contributed by atoms with Crippen molar-refractivity contribution < 1.29 is 30.5 Å². The predicted octanol–water partition coefficient (Wildman–Crippen LogP) is 1.38. The van der Waals surface area contributed by atoms with E-state index in [0.717, 1.165) is 0 Å². The van der Waals surface area contributed by atoms with Crippen molar-refractivity contribution in [3.05, 3.63) is 0 Å². The van der Waals surface area contributed by atoms with Gasteiger partial charge in [-0.15, -0.1) is 0 Å². The van der Waals surface area contributed by atoms with Crippen molar-refractivity contribution in [1.82, 2.24) is 0 Å². The molecule has 0 amide bonds. The summed E-state index contributed by atoms with van der Waals surface area (Å²) in [4.78, 5) is 0. The Morgan fingerprint density at radius 3 is 2.36 bits per heavy atom. The molecule has 1 aliphatic heterocycles. The minimum atomic E-state index is -5.52. The average Bonchev–Trinajstić information content (AvgIpc) is 2.03. The van der Waals surface area contributed by atoms with Crippen molar-refractivity contribution >= 4 is 10.1 Å². The molecule has 1 saturated heterocycles. The van der Waals surface area contributed by atoms with E-state index in [1.807, 2.05) is 0 Å². The maximum atomic E-state index is 11.8. The minimum Gasteiger partial charge on any atom is -0.351 e. The summed E-state index contributed by atoms with van der Waals surface area (Å²) >= 11 is 0. The Morgan fingerprint density at radius 2 is 1.93 bits per heavy atom. The van der Waals surface area contributed by atoms with Crippen molar-refractivity contribution in [3.8, 4) is 0 Å². The van der Waals surface area contributed by atoms with E-state index in [2.05, 4.69) is 4.18 Å². The van der Waals surface area contributed by atoms with Crippen LogP contribution in [0.4, 0.5) is 13.2 Å². The molecule has 0 aliphatic carbocycles. The summed E-state index contributed by atoms with van der Waals surface area (Å²) in [7, 11) is -5.52. The molecule has 0 bridgehead atoms. The topological polar surface area (TPSA) is 52.6 Å². The lowest BCUT2D eigenvalue weighted by Gasteiger charge is -2.22. The molecule has 8 heteroatoms. The molecule has 0 spiro atoms. The van der Waals surface area contributed by atoms with E-state index in [-0.39, 0.29) is 13.0 Å². The Balaban J connectivity index is 2.58. The number of alkyl halides is 3. The largest absolute Gasteiger partial charge is 0.523 e. The van der Waals surface area contributed by atoms with E-state index in [4.69, 9.17) is 4.74 Å². The van der Waals surface area contributed by atoms with Crippen molar-refractivity contribution in [3.63, 3.8) is 0 Å². The van der Waals surface area contributed by atoms with Gasteiger partial charge in [0.1, 0.15) is 0 Å². The number of hydrogen-bond acceptors (Lipinski definition) is 4. The van der Waals surface area contributed by atoms with E-state index < -0.39 is 21.9 Å². The molecule has 0 aromatic heterocycles. The molecular weight excluding hydrogens is 225 g/mol. The Morgan fingerprint density at radius 1 is 1.29 bits per heavy atom. The lowest BCUT2D eigenvalue weighted by atomic mass is 10.2. The monoisotopic (exact) mass is 234 g/mol. The predicted molar refractivity (Wildman–Crippen MR) is 39.7 cm³/mol. The number of hydrogen-bond donors (Lipinski definition) is 0. The third-order valence-electron chi connectivity index (χ3n) is 1.66. The van der Waals surface area contributed by atoms with Gasteiger partial charge in [0.25, 0.3) is 0 Å². The molecule has 0 aromatic rings. The smallest absolute Gasteiger partial charge is 0.351 e. The average molecular weight is 234 g/mol. The highest BCUT2D eigenvalue weighted by Gasteiger charge is 2.48. The second-order valence-corrected chi connectivity index (χ2v) is 4.36. The van der Waals surface area contributed by atoms with Crippen LogP contribution < -0.4 is 0 Å².